The third-order valence-electron chi connectivity index (χ3n) is 12.6. The molecule has 2 saturated carbocycles. The maximum absolute atomic E-state index is 14.3. The van der Waals surface area contributed by atoms with Crippen molar-refractivity contribution in [3.8, 4) is 0 Å². The van der Waals surface area contributed by atoms with Crippen molar-refractivity contribution in [2.75, 3.05) is 37.6 Å². The number of nitrogens with zero attached hydrogens (tertiary/aromatic N) is 3. The molecule has 2 saturated heterocycles. The lowest BCUT2D eigenvalue weighted by Crippen LogP contribution is -2.58. The number of Topliss-reactive ketones (excluding diaryl/α,β-unsaturated/α-hetero) is 1. The molecule has 9 nitrogen and oxygen atoms in total. The van der Waals surface area contributed by atoms with E-state index >= 15 is 0 Å². The molecule has 2 bridgehead atoms. The number of ketones is 1. The van der Waals surface area contributed by atoms with E-state index in [0.717, 1.165) is 34.9 Å². The Balaban J connectivity index is 1.11. The van der Waals surface area contributed by atoms with E-state index in [-0.39, 0.29) is 48.3 Å². The number of aliphatic hydroxyl groups is 1. The van der Waals surface area contributed by atoms with E-state index in [2.05, 4.69) is 49.2 Å². The number of carbonyl (C=O) groups is 4. The topological polar surface area (TPSA) is 110 Å². The standard InChI is InChI=1S/C40H48N4O5/c1-25-9-5-8-12-32(25)42-17-19-43(20-18-42)37(48)31(22-26-13-14-27-10-6-7-11-28(27)21-26)41-36(47)33-23-29(45)24-44(33)38(49)34-30-15-16-40(4,35(34)46)39(30,2)3/h5-14,21,29-31,33-34,45H,15-20,22-24H2,1-4H3,(H,41,47). The summed E-state index contributed by atoms with van der Waals surface area (Å²) < 4.78 is 0. The molecular formula is C40H48N4O5. The van der Waals surface area contributed by atoms with Gasteiger partial charge in [0, 0.05) is 56.7 Å². The van der Waals surface area contributed by atoms with Gasteiger partial charge < -0.3 is 25.1 Å². The molecule has 258 valence electrons. The fraction of sp³-hybridized carbons (Fsp3) is 0.500. The minimum absolute atomic E-state index is 0.00525. The van der Waals surface area contributed by atoms with E-state index in [1.165, 1.54) is 10.5 Å². The summed E-state index contributed by atoms with van der Waals surface area (Å²) in [5, 5.41) is 15.9. The molecule has 3 aromatic carbocycles. The number of likely N-dealkylation sites (tertiary alicyclic amines) is 1. The van der Waals surface area contributed by atoms with Crippen LogP contribution in [0.4, 0.5) is 5.69 Å². The third kappa shape index (κ3) is 5.69. The van der Waals surface area contributed by atoms with Gasteiger partial charge in [-0.05, 0) is 59.1 Å². The lowest BCUT2D eigenvalue weighted by atomic mass is 9.70. The van der Waals surface area contributed by atoms with Gasteiger partial charge in [0.1, 0.15) is 18.0 Å². The van der Waals surface area contributed by atoms with Crippen LogP contribution in [0, 0.1) is 29.6 Å². The van der Waals surface area contributed by atoms with Crippen LogP contribution in [0.3, 0.4) is 0 Å². The van der Waals surface area contributed by atoms with E-state index < -0.39 is 35.4 Å². The number of rotatable bonds is 7. The van der Waals surface area contributed by atoms with Crippen molar-refractivity contribution in [1.29, 1.82) is 0 Å². The Bertz CT molecular complexity index is 1800. The monoisotopic (exact) mass is 664 g/mol. The predicted octanol–water partition coefficient (Wildman–Crippen LogP) is 4.13. The normalized spacial score (nSPS) is 28.3. The fourth-order valence-corrected chi connectivity index (χ4v) is 9.23. The number of piperazine rings is 1. The van der Waals surface area contributed by atoms with Crippen molar-refractivity contribution < 1.29 is 24.3 Å². The average Bonchev–Trinajstić information content (AvgIpc) is 3.65. The van der Waals surface area contributed by atoms with Crippen molar-refractivity contribution in [3.05, 3.63) is 77.9 Å². The minimum atomic E-state index is -0.963. The van der Waals surface area contributed by atoms with Crippen LogP contribution in [0.2, 0.25) is 0 Å². The van der Waals surface area contributed by atoms with Crippen LogP contribution in [0.5, 0.6) is 0 Å². The van der Waals surface area contributed by atoms with Gasteiger partial charge in [0.15, 0.2) is 5.78 Å². The second-order valence-corrected chi connectivity index (χ2v) is 15.5. The maximum Gasteiger partial charge on any atom is 0.245 e. The number of β-amino-alcohol motifs (C(OH)–C–C–N with tert-alkyl or cyclic N) is 1. The number of nitrogens with one attached hydrogen (secondary N) is 1. The van der Waals surface area contributed by atoms with E-state index in [4.69, 9.17) is 0 Å². The quantitative estimate of drug-likeness (QED) is 0.368. The number of carbonyl (C=O) groups excluding carboxylic acids is 4. The molecule has 2 heterocycles. The summed E-state index contributed by atoms with van der Waals surface area (Å²) in [7, 11) is 0. The Labute approximate surface area is 288 Å². The highest BCUT2D eigenvalue weighted by molar-refractivity contribution is 6.08. The zero-order valence-corrected chi connectivity index (χ0v) is 29.0. The number of hydrogen-bond acceptors (Lipinski definition) is 6. The van der Waals surface area contributed by atoms with Crippen LogP contribution >= 0.6 is 0 Å². The maximum atomic E-state index is 14.3. The van der Waals surface area contributed by atoms with Gasteiger partial charge >= 0.3 is 0 Å². The highest BCUT2D eigenvalue weighted by atomic mass is 16.3. The molecule has 3 aromatic rings. The van der Waals surface area contributed by atoms with Crippen LogP contribution in [-0.2, 0) is 25.6 Å². The molecule has 0 radical (unpaired) electrons. The first-order valence-corrected chi connectivity index (χ1v) is 17.8. The molecule has 2 aliphatic carbocycles. The van der Waals surface area contributed by atoms with Gasteiger partial charge in [0.2, 0.25) is 17.7 Å². The van der Waals surface area contributed by atoms with Crippen molar-refractivity contribution in [2.24, 2.45) is 22.7 Å². The lowest BCUT2D eigenvalue weighted by molar-refractivity contribution is -0.148. The smallest absolute Gasteiger partial charge is 0.245 e. The first kappa shape index (κ1) is 33.3. The van der Waals surface area contributed by atoms with Crippen LogP contribution in [0.25, 0.3) is 10.8 Å². The lowest BCUT2D eigenvalue weighted by Gasteiger charge is -2.38. The average molecular weight is 665 g/mol. The van der Waals surface area contributed by atoms with Crippen LogP contribution in [0.15, 0.2) is 66.7 Å². The first-order chi connectivity index (χ1) is 23.4. The summed E-state index contributed by atoms with van der Waals surface area (Å²) in [6.45, 7) is 10.6. The zero-order chi connectivity index (χ0) is 34.7. The Kier molecular flexibility index (Phi) is 8.54. The van der Waals surface area contributed by atoms with Gasteiger partial charge in [0.25, 0.3) is 0 Å². The number of aryl methyl sites for hydroxylation is 1. The molecular weight excluding hydrogens is 616 g/mol. The first-order valence-electron chi connectivity index (χ1n) is 17.8. The summed E-state index contributed by atoms with van der Waals surface area (Å²) in [6.07, 6.45) is 1.01. The summed E-state index contributed by atoms with van der Waals surface area (Å²) in [4.78, 5) is 61.7. The molecule has 6 unspecified atom stereocenters. The molecule has 9 heteroatoms. The third-order valence-corrected chi connectivity index (χ3v) is 12.6. The number of benzene rings is 3. The number of aliphatic hydroxyl groups excluding tert-OH is 1. The Morgan fingerprint density at radius 1 is 0.939 bits per heavy atom. The molecule has 6 atom stereocenters. The Hall–Kier alpha value is -4.24. The number of hydrogen-bond donors (Lipinski definition) is 2. The summed E-state index contributed by atoms with van der Waals surface area (Å²) >= 11 is 0. The molecule has 3 amide bonds. The van der Waals surface area contributed by atoms with Crippen molar-refractivity contribution >= 4 is 40.0 Å². The SMILES string of the molecule is Cc1ccccc1N1CCN(C(=O)C(Cc2ccc3ccccc3c2)NC(=O)C2CC(O)CN2C(=O)C2C(=O)C3(C)CCC2C3(C)C)CC1. The summed E-state index contributed by atoms with van der Waals surface area (Å²) in [5.41, 5.74) is 2.37. The molecule has 49 heavy (non-hydrogen) atoms. The molecule has 4 fully saturated rings. The Morgan fingerprint density at radius 3 is 2.33 bits per heavy atom. The minimum Gasteiger partial charge on any atom is -0.391 e. The van der Waals surface area contributed by atoms with E-state index in [0.29, 0.717) is 26.2 Å². The van der Waals surface area contributed by atoms with Gasteiger partial charge in [-0.15, -0.1) is 0 Å². The van der Waals surface area contributed by atoms with E-state index in [9.17, 15) is 24.3 Å². The second kappa shape index (κ2) is 12.6. The second-order valence-electron chi connectivity index (χ2n) is 15.5. The number of fused-ring (bicyclic) bond motifs is 3. The molecule has 2 aliphatic heterocycles. The highest BCUT2D eigenvalue weighted by Gasteiger charge is 2.68. The van der Waals surface area contributed by atoms with E-state index in [1.807, 2.05) is 60.4 Å². The van der Waals surface area contributed by atoms with Gasteiger partial charge in [-0.25, -0.2) is 0 Å². The number of para-hydroxylation sites is 1. The summed E-state index contributed by atoms with van der Waals surface area (Å²) in [5.74, 6) is -1.96. The van der Waals surface area contributed by atoms with Crippen LogP contribution in [-0.4, -0.2) is 89.3 Å². The Morgan fingerprint density at radius 2 is 1.63 bits per heavy atom. The zero-order valence-electron chi connectivity index (χ0n) is 29.0. The predicted molar refractivity (Wildman–Crippen MR) is 189 cm³/mol. The van der Waals surface area contributed by atoms with Gasteiger partial charge in [-0.2, -0.15) is 0 Å². The van der Waals surface area contributed by atoms with Gasteiger partial charge in [0.05, 0.1) is 6.10 Å². The molecule has 4 aliphatic rings. The molecule has 0 spiro atoms. The van der Waals surface area contributed by atoms with Crippen molar-refractivity contribution in [3.63, 3.8) is 0 Å². The summed E-state index contributed by atoms with van der Waals surface area (Å²) in [6, 6.07) is 20.5. The van der Waals surface area contributed by atoms with Crippen LogP contribution in [0.1, 0.15) is 51.2 Å². The van der Waals surface area contributed by atoms with Crippen molar-refractivity contribution in [2.45, 2.75) is 71.6 Å². The van der Waals surface area contributed by atoms with Gasteiger partial charge in [-0.3, -0.25) is 19.2 Å². The van der Waals surface area contributed by atoms with E-state index in [1.54, 1.807) is 0 Å². The van der Waals surface area contributed by atoms with Crippen LogP contribution < -0.4 is 10.2 Å². The largest absolute Gasteiger partial charge is 0.391 e. The van der Waals surface area contributed by atoms with Gasteiger partial charge in [-0.1, -0.05) is 81.4 Å². The molecule has 7 rings (SSSR count). The molecule has 0 aromatic heterocycles. The van der Waals surface area contributed by atoms with Crippen molar-refractivity contribution in [1.82, 2.24) is 15.1 Å². The number of anilines is 1. The fourth-order valence-electron chi connectivity index (χ4n) is 9.23. The molecule has 2 N–H and O–H groups in total. The number of amides is 3. The highest BCUT2D eigenvalue weighted by Crippen LogP contribution is 2.66.